The van der Waals surface area contributed by atoms with Crippen LogP contribution in [0.3, 0.4) is 0 Å². The van der Waals surface area contributed by atoms with Gasteiger partial charge in [-0.15, -0.1) is 12.4 Å². The smallest absolute Gasteiger partial charge is 0.119 e. The summed E-state index contributed by atoms with van der Waals surface area (Å²) in [6, 6.07) is 8.29. The molecule has 1 aromatic carbocycles. The van der Waals surface area contributed by atoms with Gasteiger partial charge in [0.2, 0.25) is 0 Å². The number of hydrogen-bond donors (Lipinski definition) is 1. The van der Waals surface area contributed by atoms with Gasteiger partial charge in [0.15, 0.2) is 0 Å². The molecule has 1 aliphatic rings. The number of ether oxygens (including phenoxy) is 2. The second-order valence-electron chi connectivity index (χ2n) is 5.21. The van der Waals surface area contributed by atoms with E-state index in [1.165, 1.54) is 5.56 Å². The largest absolute Gasteiger partial charge is 0.491 e. The van der Waals surface area contributed by atoms with Gasteiger partial charge in [-0.05, 0) is 50.3 Å². The molecular formula is C15H24ClNO2. The molecule has 2 rings (SSSR count). The van der Waals surface area contributed by atoms with E-state index < -0.39 is 0 Å². The Morgan fingerprint density at radius 2 is 1.74 bits per heavy atom. The van der Waals surface area contributed by atoms with E-state index in [4.69, 9.17) is 15.2 Å². The lowest BCUT2D eigenvalue weighted by Gasteiger charge is -2.28. The molecule has 19 heavy (non-hydrogen) atoms. The summed E-state index contributed by atoms with van der Waals surface area (Å²) in [5.74, 6) is 1.45. The third kappa shape index (κ3) is 4.68. The van der Waals surface area contributed by atoms with Gasteiger partial charge in [-0.3, -0.25) is 0 Å². The molecule has 0 aromatic heterocycles. The van der Waals surface area contributed by atoms with Crippen LogP contribution < -0.4 is 10.5 Å². The molecule has 108 valence electrons. The number of benzene rings is 1. The maximum atomic E-state index is 6.32. The van der Waals surface area contributed by atoms with Crippen LogP contribution in [-0.2, 0) is 4.74 Å². The minimum atomic E-state index is 0. The molecule has 0 amide bonds. The van der Waals surface area contributed by atoms with Crippen molar-refractivity contribution in [2.24, 2.45) is 11.7 Å². The average molecular weight is 286 g/mol. The van der Waals surface area contributed by atoms with Gasteiger partial charge in [-0.2, -0.15) is 0 Å². The summed E-state index contributed by atoms with van der Waals surface area (Å²) in [5, 5.41) is 0. The Bertz CT molecular complexity index is 361. The lowest BCUT2D eigenvalue weighted by Crippen LogP contribution is -2.27. The van der Waals surface area contributed by atoms with Crippen LogP contribution in [0.15, 0.2) is 24.3 Å². The number of rotatable bonds is 4. The lowest BCUT2D eigenvalue weighted by atomic mass is 9.88. The first-order valence-electron chi connectivity index (χ1n) is 6.77. The highest BCUT2D eigenvalue weighted by Crippen LogP contribution is 2.29. The first-order valence-corrected chi connectivity index (χ1v) is 6.77. The van der Waals surface area contributed by atoms with Gasteiger partial charge < -0.3 is 15.2 Å². The van der Waals surface area contributed by atoms with E-state index in [-0.39, 0.29) is 24.6 Å². The van der Waals surface area contributed by atoms with Gasteiger partial charge in [-0.1, -0.05) is 12.1 Å². The highest BCUT2D eigenvalue weighted by atomic mass is 35.5. The van der Waals surface area contributed by atoms with Crippen molar-refractivity contribution in [3.8, 4) is 5.75 Å². The monoisotopic (exact) mass is 285 g/mol. The zero-order valence-electron chi connectivity index (χ0n) is 11.7. The molecule has 1 aliphatic heterocycles. The molecule has 0 aliphatic carbocycles. The van der Waals surface area contributed by atoms with Crippen molar-refractivity contribution in [3.63, 3.8) is 0 Å². The van der Waals surface area contributed by atoms with Crippen LogP contribution in [0.5, 0.6) is 5.75 Å². The van der Waals surface area contributed by atoms with Crippen molar-refractivity contribution in [2.45, 2.75) is 38.8 Å². The fourth-order valence-corrected chi connectivity index (χ4v) is 2.39. The van der Waals surface area contributed by atoms with E-state index >= 15 is 0 Å². The summed E-state index contributed by atoms with van der Waals surface area (Å²) in [6.45, 7) is 5.74. The van der Waals surface area contributed by atoms with Crippen LogP contribution in [0.2, 0.25) is 0 Å². The van der Waals surface area contributed by atoms with Crippen LogP contribution in [0.1, 0.15) is 38.3 Å². The van der Waals surface area contributed by atoms with E-state index in [0.717, 1.165) is 31.8 Å². The van der Waals surface area contributed by atoms with Crippen molar-refractivity contribution in [1.82, 2.24) is 0 Å². The highest BCUT2D eigenvalue weighted by Gasteiger charge is 2.22. The minimum Gasteiger partial charge on any atom is -0.491 e. The van der Waals surface area contributed by atoms with Crippen LogP contribution in [0, 0.1) is 5.92 Å². The summed E-state index contributed by atoms with van der Waals surface area (Å²) in [5.41, 5.74) is 7.52. The van der Waals surface area contributed by atoms with Crippen LogP contribution >= 0.6 is 12.4 Å². The molecule has 0 spiro atoms. The highest BCUT2D eigenvalue weighted by molar-refractivity contribution is 5.85. The van der Waals surface area contributed by atoms with Crippen molar-refractivity contribution in [1.29, 1.82) is 0 Å². The second-order valence-corrected chi connectivity index (χ2v) is 5.21. The molecule has 1 fully saturated rings. The average Bonchev–Trinajstić information content (AvgIpc) is 2.39. The first kappa shape index (κ1) is 16.3. The molecule has 2 N–H and O–H groups in total. The summed E-state index contributed by atoms with van der Waals surface area (Å²) in [4.78, 5) is 0. The molecule has 1 aromatic rings. The van der Waals surface area contributed by atoms with E-state index in [1.54, 1.807) is 0 Å². The van der Waals surface area contributed by atoms with Crippen molar-refractivity contribution in [3.05, 3.63) is 29.8 Å². The van der Waals surface area contributed by atoms with E-state index in [2.05, 4.69) is 12.1 Å². The first-order chi connectivity index (χ1) is 8.66. The molecule has 0 bridgehead atoms. The minimum absolute atomic E-state index is 0. The van der Waals surface area contributed by atoms with E-state index in [1.807, 2.05) is 26.0 Å². The predicted octanol–water partition coefficient (Wildman–Crippen LogP) is 3.32. The molecular weight excluding hydrogens is 262 g/mol. The number of hydrogen-bond acceptors (Lipinski definition) is 3. The van der Waals surface area contributed by atoms with Gasteiger partial charge >= 0.3 is 0 Å². The van der Waals surface area contributed by atoms with Gasteiger partial charge in [-0.25, -0.2) is 0 Å². The molecule has 4 heteroatoms. The Kier molecular flexibility index (Phi) is 6.63. The van der Waals surface area contributed by atoms with Crippen molar-refractivity contribution < 1.29 is 9.47 Å². The Hall–Kier alpha value is -0.770. The molecule has 3 nitrogen and oxygen atoms in total. The SMILES string of the molecule is CC(C)Oc1ccc([C@@H](N)C2CCOCC2)cc1.Cl. The van der Waals surface area contributed by atoms with Gasteiger partial charge in [0, 0.05) is 19.3 Å². The Labute approximate surface area is 121 Å². The van der Waals surface area contributed by atoms with Crippen molar-refractivity contribution >= 4 is 12.4 Å². The van der Waals surface area contributed by atoms with Crippen LogP contribution in [0.25, 0.3) is 0 Å². The fourth-order valence-electron chi connectivity index (χ4n) is 2.39. The summed E-state index contributed by atoms with van der Waals surface area (Å²) < 4.78 is 11.0. The predicted molar refractivity (Wildman–Crippen MR) is 79.9 cm³/mol. The quantitative estimate of drug-likeness (QED) is 0.923. The Morgan fingerprint density at radius 1 is 1.16 bits per heavy atom. The molecule has 1 heterocycles. The molecule has 0 unspecified atom stereocenters. The zero-order chi connectivity index (χ0) is 13.0. The normalized spacial score (nSPS) is 17.9. The van der Waals surface area contributed by atoms with Crippen molar-refractivity contribution in [2.75, 3.05) is 13.2 Å². The standard InChI is InChI=1S/C15H23NO2.ClH/c1-11(2)18-14-5-3-12(4-6-14)15(16)13-7-9-17-10-8-13;/h3-6,11,13,15H,7-10,16H2,1-2H3;1H/t15-;/m1./s1. The summed E-state index contributed by atoms with van der Waals surface area (Å²) in [6.07, 6.45) is 2.33. The third-order valence-electron chi connectivity index (χ3n) is 3.41. The number of nitrogens with two attached hydrogens (primary N) is 1. The van der Waals surface area contributed by atoms with E-state index in [9.17, 15) is 0 Å². The van der Waals surface area contributed by atoms with Gasteiger partial charge in [0.05, 0.1) is 6.10 Å². The van der Waals surface area contributed by atoms with E-state index in [0.29, 0.717) is 5.92 Å². The summed E-state index contributed by atoms with van der Waals surface area (Å²) in [7, 11) is 0. The Morgan fingerprint density at radius 3 is 2.26 bits per heavy atom. The molecule has 0 radical (unpaired) electrons. The fraction of sp³-hybridized carbons (Fsp3) is 0.600. The topological polar surface area (TPSA) is 44.5 Å². The maximum absolute atomic E-state index is 6.32. The zero-order valence-corrected chi connectivity index (χ0v) is 12.5. The molecule has 0 saturated carbocycles. The maximum Gasteiger partial charge on any atom is 0.119 e. The molecule has 1 saturated heterocycles. The lowest BCUT2D eigenvalue weighted by molar-refractivity contribution is 0.0583. The van der Waals surface area contributed by atoms with Gasteiger partial charge in [0.25, 0.3) is 0 Å². The Balaban J connectivity index is 0.00000180. The third-order valence-corrected chi connectivity index (χ3v) is 3.41. The van der Waals surface area contributed by atoms with Crippen LogP contribution in [-0.4, -0.2) is 19.3 Å². The number of halogens is 1. The molecule has 1 atom stereocenters. The van der Waals surface area contributed by atoms with Gasteiger partial charge in [0.1, 0.15) is 5.75 Å². The van der Waals surface area contributed by atoms with Crippen LogP contribution in [0.4, 0.5) is 0 Å². The summed E-state index contributed by atoms with van der Waals surface area (Å²) >= 11 is 0. The second kappa shape index (κ2) is 7.73.